The van der Waals surface area contributed by atoms with Crippen LogP contribution < -0.4 is 0 Å². The van der Waals surface area contributed by atoms with E-state index in [0.717, 1.165) is 11.5 Å². The van der Waals surface area contributed by atoms with E-state index in [1.165, 1.54) is 0 Å². The minimum absolute atomic E-state index is 0.00694. The van der Waals surface area contributed by atoms with E-state index in [2.05, 4.69) is 0 Å². The molecule has 0 amide bonds. The van der Waals surface area contributed by atoms with Crippen LogP contribution in [-0.4, -0.2) is 33.8 Å². The first-order valence-electron chi connectivity index (χ1n) is 2.70. The molecule has 52 valence electrons. The molecule has 1 heterocycles. The topological polar surface area (TPSA) is 57.5 Å². The van der Waals surface area contributed by atoms with Crippen molar-refractivity contribution in [2.75, 3.05) is 11.5 Å². The van der Waals surface area contributed by atoms with E-state index >= 15 is 0 Å². The smallest absolute Gasteiger partial charge is 0.332 e. The Morgan fingerprint density at radius 3 is 2.33 bits per heavy atom. The van der Waals surface area contributed by atoms with E-state index in [1.807, 2.05) is 0 Å². The Morgan fingerprint density at radius 1 is 1.67 bits per heavy atom. The lowest BCUT2D eigenvalue weighted by atomic mass is 10.1. The van der Waals surface area contributed by atoms with Crippen molar-refractivity contribution in [2.24, 2.45) is 5.92 Å². The van der Waals surface area contributed by atoms with Gasteiger partial charge in [-0.15, -0.1) is 0 Å². The Labute approximate surface area is 57.1 Å². The molecule has 0 aliphatic carbocycles. The van der Waals surface area contributed by atoms with Gasteiger partial charge in [0.15, 0.2) is 6.10 Å². The summed E-state index contributed by atoms with van der Waals surface area (Å²) in [7, 11) is 0. The fourth-order valence-corrected chi connectivity index (χ4v) is 1.51. The molecule has 0 spiro atoms. The average molecular weight is 148 g/mol. The van der Waals surface area contributed by atoms with Gasteiger partial charge in [0.25, 0.3) is 0 Å². The second-order valence-corrected chi connectivity index (χ2v) is 3.16. The van der Waals surface area contributed by atoms with Gasteiger partial charge in [-0.2, -0.15) is 11.8 Å². The van der Waals surface area contributed by atoms with Crippen molar-refractivity contribution in [3.8, 4) is 0 Å². The van der Waals surface area contributed by atoms with Crippen molar-refractivity contribution in [3.63, 3.8) is 0 Å². The second-order valence-electron chi connectivity index (χ2n) is 2.08. The third-order valence-electron chi connectivity index (χ3n) is 1.36. The number of aliphatic hydroxyl groups is 1. The number of carbonyl (C=O) groups is 1. The molecule has 1 saturated heterocycles. The van der Waals surface area contributed by atoms with Crippen molar-refractivity contribution >= 4 is 17.7 Å². The fourth-order valence-electron chi connectivity index (χ4n) is 0.638. The summed E-state index contributed by atoms with van der Waals surface area (Å²) in [6.07, 6.45) is -1.13. The van der Waals surface area contributed by atoms with Crippen LogP contribution in [0.25, 0.3) is 0 Å². The molecule has 0 aromatic rings. The minimum Gasteiger partial charge on any atom is -0.479 e. The zero-order valence-corrected chi connectivity index (χ0v) is 5.60. The maximum absolute atomic E-state index is 10.1. The monoisotopic (exact) mass is 148 g/mol. The van der Waals surface area contributed by atoms with Gasteiger partial charge < -0.3 is 10.2 Å². The van der Waals surface area contributed by atoms with Gasteiger partial charge in [-0.3, -0.25) is 0 Å². The molecule has 1 aliphatic heterocycles. The highest BCUT2D eigenvalue weighted by atomic mass is 32.2. The van der Waals surface area contributed by atoms with Crippen LogP contribution in [0, 0.1) is 5.92 Å². The van der Waals surface area contributed by atoms with Crippen LogP contribution in [0.5, 0.6) is 0 Å². The first kappa shape index (κ1) is 6.89. The van der Waals surface area contributed by atoms with Gasteiger partial charge in [-0.1, -0.05) is 0 Å². The van der Waals surface area contributed by atoms with Gasteiger partial charge >= 0.3 is 5.97 Å². The zero-order valence-electron chi connectivity index (χ0n) is 4.78. The summed E-state index contributed by atoms with van der Waals surface area (Å²) in [6.45, 7) is 0. The van der Waals surface area contributed by atoms with Gasteiger partial charge in [0, 0.05) is 5.92 Å². The van der Waals surface area contributed by atoms with Crippen LogP contribution in [0.2, 0.25) is 0 Å². The summed E-state index contributed by atoms with van der Waals surface area (Å²) in [4.78, 5) is 10.1. The lowest BCUT2D eigenvalue weighted by Crippen LogP contribution is -2.37. The Morgan fingerprint density at radius 2 is 2.22 bits per heavy atom. The van der Waals surface area contributed by atoms with E-state index in [4.69, 9.17) is 10.2 Å². The molecule has 0 saturated carbocycles. The van der Waals surface area contributed by atoms with E-state index in [-0.39, 0.29) is 5.92 Å². The summed E-state index contributed by atoms with van der Waals surface area (Å²) in [5, 5.41) is 17.1. The van der Waals surface area contributed by atoms with Crippen molar-refractivity contribution in [1.82, 2.24) is 0 Å². The van der Waals surface area contributed by atoms with Crippen LogP contribution in [0.1, 0.15) is 0 Å². The Kier molecular flexibility index (Phi) is 1.97. The van der Waals surface area contributed by atoms with Crippen LogP contribution in [-0.2, 0) is 4.79 Å². The largest absolute Gasteiger partial charge is 0.479 e. The minimum atomic E-state index is -1.13. The SMILES string of the molecule is O=C(O)C(O)C1CSC1. The quantitative estimate of drug-likeness (QED) is 0.569. The summed E-state index contributed by atoms with van der Waals surface area (Å²) < 4.78 is 0. The van der Waals surface area contributed by atoms with Crippen LogP contribution >= 0.6 is 11.8 Å². The summed E-state index contributed by atoms with van der Waals surface area (Å²) in [5.74, 6) is 0.466. The molecule has 4 heteroatoms. The molecule has 9 heavy (non-hydrogen) atoms. The molecule has 2 N–H and O–H groups in total. The van der Waals surface area contributed by atoms with Crippen LogP contribution in [0.15, 0.2) is 0 Å². The van der Waals surface area contributed by atoms with Crippen molar-refractivity contribution in [1.29, 1.82) is 0 Å². The number of hydrogen-bond acceptors (Lipinski definition) is 3. The van der Waals surface area contributed by atoms with Crippen molar-refractivity contribution in [2.45, 2.75) is 6.10 Å². The second kappa shape index (κ2) is 2.58. The Hall–Kier alpha value is -0.220. The predicted octanol–water partition coefficient (Wildman–Crippen LogP) is -0.205. The van der Waals surface area contributed by atoms with Gasteiger partial charge in [0.1, 0.15) is 0 Å². The Bertz CT molecular complexity index is 121. The maximum atomic E-state index is 10.1. The zero-order chi connectivity index (χ0) is 6.85. The number of carboxylic acid groups (broad SMARTS) is 1. The highest BCUT2D eigenvalue weighted by Crippen LogP contribution is 2.27. The Balaban J connectivity index is 2.32. The molecule has 1 rings (SSSR count). The highest BCUT2D eigenvalue weighted by molar-refractivity contribution is 8.00. The van der Waals surface area contributed by atoms with E-state index in [0.29, 0.717) is 0 Å². The van der Waals surface area contributed by atoms with Gasteiger partial charge in [-0.25, -0.2) is 4.79 Å². The first-order chi connectivity index (χ1) is 4.22. The average Bonchev–Trinajstić information content (AvgIpc) is 1.60. The van der Waals surface area contributed by atoms with E-state index in [9.17, 15) is 4.79 Å². The molecule has 1 atom stereocenters. The van der Waals surface area contributed by atoms with Crippen molar-refractivity contribution in [3.05, 3.63) is 0 Å². The molecule has 0 bridgehead atoms. The van der Waals surface area contributed by atoms with Gasteiger partial charge in [-0.05, 0) is 11.5 Å². The molecule has 1 unspecified atom stereocenters. The summed E-state index contributed by atoms with van der Waals surface area (Å²) >= 11 is 1.67. The number of aliphatic hydroxyl groups excluding tert-OH is 1. The molecular weight excluding hydrogens is 140 g/mol. The number of hydrogen-bond donors (Lipinski definition) is 2. The highest BCUT2D eigenvalue weighted by Gasteiger charge is 2.30. The number of thioether (sulfide) groups is 1. The van der Waals surface area contributed by atoms with Crippen LogP contribution in [0.4, 0.5) is 0 Å². The van der Waals surface area contributed by atoms with E-state index < -0.39 is 12.1 Å². The molecule has 0 aromatic carbocycles. The third kappa shape index (κ3) is 1.37. The lowest BCUT2D eigenvalue weighted by molar-refractivity contribution is -0.148. The van der Waals surface area contributed by atoms with Crippen molar-refractivity contribution < 1.29 is 15.0 Å². The first-order valence-corrected chi connectivity index (χ1v) is 3.86. The van der Waals surface area contributed by atoms with Crippen LogP contribution in [0.3, 0.4) is 0 Å². The number of carboxylic acids is 1. The maximum Gasteiger partial charge on any atom is 0.332 e. The molecular formula is C5H8O3S. The number of rotatable bonds is 2. The van der Waals surface area contributed by atoms with Gasteiger partial charge in [0.05, 0.1) is 0 Å². The normalized spacial score (nSPS) is 22.8. The molecule has 0 aromatic heterocycles. The molecule has 1 aliphatic rings. The molecule has 3 nitrogen and oxygen atoms in total. The summed E-state index contributed by atoms with van der Waals surface area (Å²) in [6, 6.07) is 0. The van der Waals surface area contributed by atoms with Gasteiger partial charge in [0.2, 0.25) is 0 Å². The summed E-state index contributed by atoms with van der Waals surface area (Å²) in [5.41, 5.74) is 0. The standard InChI is InChI=1S/C5H8O3S/c6-4(5(7)8)3-1-9-2-3/h3-4,6H,1-2H2,(H,7,8). The third-order valence-corrected chi connectivity index (χ3v) is 2.69. The number of aliphatic carboxylic acids is 1. The fraction of sp³-hybridized carbons (Fsp3) is 0.800. The molecule has 0 radical (unpaired) electrons. The lowest BCUT2D eigenvalue weighted by Gasteiger charge is -2.26. The predicted molar refractivity (Wildman–Crippen MR) is 34.5 cm³/mol. The molecule has 1 fully saturated rings. The van der Waals surface area contributed by atoms with E-state index in [1.54, 1.807) is 11.8 Å².